The molecule has 1 atom stereocenters. The van der Waals surface area contributed by atoms with E-state index in [1.807, 2.05) is 0 Å². The lowest BCUT2D eigenvalue weighted by atomic mass is 10.3. The van der Waals surface area contributed by atoms with E-state index in [4.69, 9.17) is 4.74 Å². The fourth-order valence-corrected chi connectivity index (χ4v) is 1.18. The van der Waals surface area contributed by atoms with Gasteiger partial charge in [0.2, 0.25) is 11.8 Å². The number of esters is 1. The van der Waals surface area contributed by atoms with Crippen LogP contribution in [0, 0.1) is 0 Å². The topological polar surface area (TPSA) is 75.7 Å². The van der Waals surface area contributed by atoms with E-state index in [0.717, 1.165) is 0 Å². The van der Waals surface area contributed by atoms with Gasteiger partial charge in [0.15, 0.2) is 0 Å². The monoisotopic (exact) mass is 230 g/mol. The third kappa shape index (κ3) is 5.33. The van der Waals surface area contributed by atoms with Gasteiger partial charge in [0.05, 0.1) is 6.61 Å². The quantitative estimate of drug-likeness (QED) is 0.648. The number of ether oxygens (including phenoxy) is 1. The number of nitrogens with one attached hydrogen (secondary N) is 1. The van der Waals surface area contributed by atoms with Crippen molar-refractivity contribution in [1.82, 2.24) is 10.2 Å². The molecule has 6 heteroatoms. The highest BCUT2D eigenvalue weighted by Gasteiger charge is 2.20. The minimum Gasteiger partial charge on any atom is -0.465 e. The molecular formula is C10H18N2O4. The summed E-state index contributed by atoms with van der Waals surface area (Å²) in [5.41, 5.74) is 0. The lowest BCUT2D eigenvalue weighted by molar-refractivity contribution is -0.148. The first-order chi connectivity index (χ1) is 7.38. The standard InChI is InChI=1S/C10H18N2O4/c1-5-16-9(14)6-12(4)10(15)7(2)11-8(3)13/h7H,5-6H2,1-4H3,(H,11,13). The van der Waals surface area contributed by atoms with Gasteiger partial charge >= 0.3 is 5.97 Å². The average molecular weight is 230 g/mol. The van der Waals surface area contributed by atoms with Gasteiger partial charge in [-0.3, -0.25) is 14.4 Å². The summed E-state index contributed by atoms with van der Waals surface area (Å²) in [6.07, 6.45) is 0. The molecule has 0 heterocycles. The Balaban J connectivity index is 4.16. The molecule has 2 amide bonds. The normalized spacial score (nSPS) is 11.5. The molecule has 92 valence electrons. The fourth-order valence-electron chi connectivity index (χ4n) is 1.18. The third-order valence-corrected chi connectivity index (χ3v) is 1.84. The van der Waals surface area contributed by atoms with Crippen molar-refractivity contribution in [3.63, 3.8) is 0 Å². The van der Waals surface area contributed by atoms with Crippen molar-refractivity contribution >= 4 is 17.8 Å². The molecule has 6 nitrogen and oxygen atoms in total. The molecule has 0 aromatic carbocycles. The highest BCUT2D eigenvalue weighted by atomic mass is 16.5. The van der Waals surface area contributed by atoms with Gasteiger partial charge in [0.25, 0.3) is 0 Å². The van der Waals surface area contributed by atoms with Crippen LogP contribution in [0.4, 0.5) is 0 Å². The van der Waals surface area contributed by atoms with Crippen LogP contribution in [-0.2, 0) is 19.1 Å². The molecule has 0 aromatic heterocycles. The number of carbonyl (C=O) groups excluding carboxylic acids is 3. The molecule has 0 aliphatic rings. The smallest absolute Gasteiger partial charge is 0.325 e. The van der Waals surface area contributed by atoms with Gasteiger partial charge in [-0.05, 0) is 13.8 Å². The molecule has 0 saturated carbocycles. The Hall–Kier alpha value is -1.59. The SMILES string of the molecule is CCOC(=O)CN(C)C(=O)C(C)NC(C)=O. The maximum absolute atomic E-state index is 11.6. The lowest BCUT2D eigenvalue weighted by Crippen LogP contribution is -2.46. The van der Waals surface area contributed by atoms with Crippen molar-refractivity contribution < 1.29 is 19.1 Å². The minimum absolute atomic E-state index is 0.114. The molecule has 0 aliphatic heterocycles. The Bertz CT molecular complexity index is 278. The van der Waals surface area contributed by atoms with Crippen molar-refractivity contribution in [2.75, 3.05) is 20.2 Å². The number of hydrogen-bond acceptors (Lipinski definition) is 4. The van der Waals surface area contributed by atoms with Gasteiger partial charge in [-0.15, -0.1) is 0 Å². The van der Waals surface area contributed by atoms with Crippen molar-refractivity contribution in [2.24, 2.45) is 0 Å². The fraction of sp³-hybridized carbons (Fsp3) is 0.700. The summed E-state index contributed by atoms with van der Waals surface area (Å²) in [6, 6.07) is -0.642. The number of likely N-dealkylation sites (N-methyl/N-ethyl adjacent to an activating group) is 1. The van der Waals surface area contributed by atoms with E-state index in [9.17, 15) is 14.4 Å². The number of carbonyl (C=O) groups is 3. The van der Waals surface area contributed by atoms with Crippen LogP contribution in [0.5, 0.6) is 0 Å². The van der Waals surface area contributed by atoms with Crippen LogP contribution in [0.15, 0.2) is 0 Å². The molecule has 1 N–H and O–H groups in total. The molecule has 0 rings (SSSR count). The van der Waals surface area contributed by atoms with Crippen molar-refractivity contribution in [2.45, 2.75) is 26.8 Å². The largest absolute Gasteiger partial charge is 0.465 e. The highest BCUT2D eigenvalue weighted by Crippen LogP contribution is 1.93. The van der Waals surface area contributed by atoms with Gasteiger partial charge in [-0.2, -0.15) is 0 Å². The third-order valence-electron chi connectivity index (χ3n) is 1.84. The van der Waals surface area contributed by atoms with Crippen LogP contribution >= 0.6 is 0 Å². The summed E-state index contributed by atoms with van der Waals surface area (Å²) in [5, 5.41) is 2.45. The van der Waals surface area contributed by atoms with E-state index in [2.05, 4.69) is 5.32 Å². The maximum Gasteiger partial charge on any atom is 0.325 e. The number of amides is 2. The van der Waals surface area contributed by atoms with Crippen molar-refractivity contribution in [3.8, 4) is 0 Å². The molecule has 1 unspecified atom stereocenters. The molecule has 0 radical (unpaired) electrons. The average Bonchev–Trinajstić information content (AvgIpc) is 2.15. The van der Waals surface area contributed by atoms with Crippen LogP contribution in [0.2, 0.25) is 0 Å². The maximum atomic E-state index is 11.6. The molecule has 0 spiro atoms. The molecule has 0 fully saturated rings. The Morgan fingerprint density at radius 2 is 1.94 bits per heavy atom. The van der Waals surface area contributed by atoms with E-state index in [1.165, 1.54) is 18.9 Å². The molecule has 0 aliphatic carbocycles. The van der Waals surface area contributed by atoms with Crippen LogP contribution in [0.3, 0.4) is 0 Å². The first kappa shape index (κ1) is 14.4. The molecule has 16 heavy (non-hydrogen) atoms. The zero-order chi connectivity index (χ0) is 12.7. The van der Waals surface area contributed by atoms with Crippen LogP contribution in [0.25, 0.3) is 0 Å². The molecular weight excluding hydrogens is 212 g/mol. The van der Waals surface area contributed by atoms with Gasteiger partial charge in [-0.25, -0.2) is 0 Å². The van der Waals surface area contributed by atoms with E-state index in [1.54, 1.807) is 13.8 Å². The van der Waals surface area contributed by atoms with Crippen LogP contribution in [0.1, 0.15) is 20.8 Å². The minimum atomic E-state index is -0.642. The zero-order valence-electron chi connectivity index (χ0n) is 10.1. The van der Waals surface area contributed by atoms with Crippen molar-refractivity contribution in [3.05, 3.63) is 0 Å². The second kappa shape index (κ2) is 6.81. The predicted molar refractivity (Wildman–Crippen MR) is 57.5 cm³/mol. The number of nitrogens with zero attached hydrogens (tertiary/aromatic N) is 1. The van der Waals surface area contributed by atoms with E-state index in [0.29, 0.717) is 0 Å². The van der Waals surface area contributed by atoms with E-state index >= 15 is 0 Å². The highest BCUT2D eigenvalue weighted by molar-refractivity contribution is 5.88. The number of hydrogen-bond donors (Lipinski definition) is 1. The summed E-state index contributed by atoms with van der Waals surface area (Å²) in [5.74, 6) is -1.08. The summed E-state index contributed by atoms with van der Waals surface area (Å²) in [4.78, 5) is 34.7. The zero-order valence-corrected chi connectivity index (χ0v) is 10.1. The van der Waals surface area contributed by atoms with E-state index < -0.39 is 12.0 Å². The Morgan fingerprint density at radius 3 is 2.38 bits per heavy atom. The van der Waals surface area contributed by atoms with Crippen molar-refractivity contribution in [1.29, 1.82) is 0 Å². The molecule has 0 bridgehead atoms. The second-order valence-electron chi connectivity index (χ2n) is 3.42. The van der Waals surface area contributed by atoms with Gasteiger partial charge in [-0.1, -0.05) is 0 Å². The predicted octanol–water partition coefficient (Wildman–Crippen LogP) is -0.467. The first-order valence-electron chi connectivity index (χ1n) is 5.06. The Labute approximate surface area is 94.9 Å². The summed E-state index contributed by atoms with van der Waals surface area (Å²) in [7, 11) is 1.48. The van der Waals surface area contributed by atoms with Crippen LogP contribution in [-0.4, -0.2) is 48.9 Å². The summed E-state index contributed by atoms with van der Waals surface area (Å²) >= 11 is 0. The second-order valence-corrected chi connectivity index (χ2v) is 3.42. The van der Waals surface area contributed by atoms with Crippen LogP contribution < -0.4 is 5.32 Å². The first-order valence-corrected chi connectivity index (χ1v) is 5.06. The number of rotatable bonds is 5. The molecule has 0 saturated heterocycles. The lowest BCUT2D eigenvalue weighted by Gasteiger charge is -2.20. The van der Waals surface area contributed by atoms with E-state index in [-0.39, 0.29) is 25.0 Å². The Kier molecular flexibility index (Phi) is 6.14. The van der Waals surface area contributed by atoms with Gasteiger partial charge < -0.3 is 15.0 Å². The summed E-state index contributed by atoms with van der Waals surface area (Å²) < 4.78 is 4.70. The Morgan fingerprint density at radius 1 is 1.38 bits per heavy atom. The van der Waals surface area contributed by atoms with Gasteiger partial charge in [0.1, 0.15) is 12.6 Å². The molecule has 0 aromatic rings. The summed E-state index contributed by atoms with van der Waals surface area (Å²) in [6.45, 7) is 4.75. The van der Waals surface area contributed by atoms with Gasteiger partial charge in [0, 0.05) is 14.0 Å².